The van der Waals surface area contributed by atoms with E-state index in [2.05, 4.69) is 25.3 Å². The molecule has 37 heavy (non-hydrogen) atoms. The molecule has 0 fully saturated rings. The van der Waals surface area contributed by atoms with Crippen LogP contribution >= 0.6 is 0 Å². The van der Waals surface area contributed by atoms with Crippen LogP contribution in [-0.4, -0.2) is 43.1 Å². The van der Waals surface area contributed by atoms with Crippen LogP contribution in [0, 0.1) is 13.8 Å². The second kappa shape index (κ2) is 11.5. The van der Waals surface area contributed by atoms with Gasteiger partial charge in [0.15, 0.2) is 5.82 Å². The van der Waals surface area contributed by atoms with Gasteiger partial charge in [0.2, 0.25) is 0 Å². The summed E-state index contributed by atoms with van der Waals surface area (Å²) >= 11 is 0. The molecule has 0 aliphatic rings. The maximum Gasteiger partial charge on any atom is 0.490 e. The summed E-state index contributed by atoms with van der Waals surface area (Å²) in [5.41, 5.74) is 6.05. The number of aromatic nitrogens is 4. The first kappa shape index (κ1) is 27.1. The van der Waals surface area contributed by atoms with Crippen molar-refractivity contribution in [2.45, 2.75) is 33.0 Å². The van der Waals surface area contributed by atoms with Gasteiger partial charge in [0.05, 0.1) is 17.3 Å². The van der Waals surface area contributed by atoms with E-state index in [1.165, 1.54) is 0 Å². The number of hydrogen-bond acceptors (Lipinski definition) is 5. The lowest BCUT2D eigenvalue weighted by Gasteiger charge is -2.14. The average Bonchev–Trinajstić information content (AvgIpc) is 3.22. The first-order valence-electron chi connectivity index (χ1n) is 11.1. The zero-order chi connectivity index (χ0) is 27.2. The number of amides is 1. The third-order valence-electron chi connectivity index (χ3n) is 5.35. The molecule has 0 saturated heterocycles. The van der Waals surface area contributed by atoms with Crippen LogP contribution in [0.1, 0.15) is 40.3 Å². The minimum absolute atomic E-state index is 0.0969. The minimum atomic E-state index is -5.08. The highest BCUT2D eigenvalue weighted by atomic mass is 19.4. The fourth-order valence-electron chi connectivity index (χ4n) is 3.24. The van der Waals surface area contributed by atoms with Gasteiger partial charge in [-0.05, 0) is 50.1 Å². The van der Waals surface area contributed by atoms with Crippen molar-refractivity contribution in [3.8, 4) is 22.6 Å². The number of halogens is 3. The van der Waals surface area contributed by atoms with Gasteiger partial charge in [-0.15, -0.1) is 0 Å². The highest BCUT2D eigenvalue weighted by Crippen LogP contribution is 2.24. The number of carboxylic acid groups (broad SMARTS) is 1. The van der Waals surface area contributed by atoms with E-state index in [1.54, 1.807) is 18.6 Å². The third-order valence-corrected chi connectivity index (χ3v) is 5.35. The molecule has 1 amide bonds. The summed E-state index contributed by atoms with van der Waals surface area (Å²) < 4.78 is 31.7. The van der Waals surface area contributed by atoms with E-state index < -0.39 is 12.1 Å². The quantitative estimate of drug-likeness (QED) is 0.336. The fourth-order valence-corrected chi connectivity index (χ4v) is 3.24. The van der Waals surface area contributed by atoms with Gasteiger partial charge in [-0.3, -0.25) is 14.8 Å². The van der Waals surface area contributed by atoms with E-state index in [0.29, 0.717) is 5.56 Å². The SMILES string of the molecule is Cc1nc(-c2cc(-c3cncc(C(=O)NC(C)c4ccccc4)c3)ccn2)[nH]c1C.O=C(O)C(F)(F)F. The number of imidazole rings is 1. The fraction of sp³-hybridized carbons (Fsp3) is 0.192. The molecule has 3 N–H and O–H groups in total. The lowest BCUT2D eigenvalue weighted by atomic mass is 10.0. The van der Waals surface area contributed by atoms with Crippen LogP contribution in [0.4, 0.5) is 13.2 Å². The Morgan fingerprint density at radius 3 is 2.30 bits per heavy atom. The number of carbonyl (C=O) groups is 2. The average molecular weight is 512 g/mol. The second-order valence-electron chi connectivity index (χ2n) is 8.10. The normalized spacial score (nSPS) is 11.7. The molecule has 0 radical (unpaired) electrons. The predicted molar refractivity (Wildman–Crippen MR) is 131 cm³/mol. The van der Waals surface area contributed by atoms with Crippen molar-refractivity contribution in [1.29, 1.82) is 0 Å². The Labute approximate surface area is 210 Å². The lowest BCUT2D eigenvalue weighted by molar-refractivity contribution is -0.192. The summed E-state index contributed by atoms with van der Waals surface area (Å²) in [5, 5.41) is 10.2. The summed E-state index contributed by atoms with van der Waals surface area (Å²) in [6.45, 7) is 5.91. The van der Waals surface area contributed by atoms with Crippen molar-refractivity contribution in [2.24, 2.45) is 0 Å². The van der Waals surface area contributed by atoms with Gasteiger partial charge in [0.25, 0.3) is 5.91 Å². The molecular formula is C26H24F3N5O3. The summed E-state index contributed by atoms with van der Waals surface area (Å²) in [6.07, 6.45) is -0.0187. The Bertz CT molecular complexity index is 1370. The molecule has 0 aliphatic carbocycles. The van der Waals surface area contributed by atoms with Crippen LogP contribution < -0.4 is 5.32 Å². The Morgan fingerprint density at radius 2 is 1.70 bits per heavy atom. The first-order chi connectivity index (χ1) is 17.5. The molecule has 0 spiro atoms. The van der Waals surface area contributed by atoms with Gasteiger partial charge in [0.1, 0.15) is 5.69 Å². The predicted octanol–water partition coefficient (Wildman–Crippen LogP) is 5.27. The Hall–Kier alpha value is -4.54. The number of alkyl halides is 3. The van der Waals surface area contributed by atoms with Crippen LogP contribution in [0.15, 0.2) is 67.1 Å². The molecule has 3 aromatic heterocycles. The van der Waals surface area contributed by atoms with Crippen molar-refractivity contribution in [3.05, 3.63) is 89.6 Å². The number of carbonyl (C=O) groups excluding carboxylic acids is 1. The van der Waals surface area contributed by atoms with Crippen LogP contribution in [0.3, 0.4) is 0 Å². The molecule has 0 saturated carbocycles. The van der Waals surface area contributed by atoms with E-state index in [9.17, 15) is 18.0 Å². The molecule has 0 bridgehead atoms. The van der Waals surface area contributed by atoms with E-state index in [1.807, 2.05) is 69.3 Å². The number of aromatic amines is 1. The molecule has 4 aromatic rings. The number of aryl methyl sites for hydroxylation is 2. The van der Waals surface area contributed by atoms with Crippen LogP contribution in [0.25, 0.3) is 22.6 Å². The smallest absolute Gasteiger partial charge is 0.475 e. The lowest BCUT2D eigenvalue weighted by Crippen LogP contribution is -2.26. The molecule has 11 heteroatoms. The van der Waals surface area contributed by atoms with E-state index >= 15 is 0 Å². The molecule has 1 atom stereocenters. The molecule has 8 nitrogen and oxygen atoms in total. The largest absolute Gasteiger partial charge is 0.490 e. The van der Waals surface area contributed by atoms with Crippen molar-refractivity contribution in [1.82, 2.24) is 25.3 Å². The first-order valence-corrected chi connectivity index (χ1v) is 11.1. The van der Waals surface area contributed by atoms with E-state index in [0.717, 1.165) is 39.6 Å². The summed E-state index contributed by atoms with van der Waals surface area (Å²) in [5.74, 6) is -2.19. The number of carboxylic acids is 1. The number of H-pyrrole nitrogens is 1. The Kier molecular flexibility index (Phi) is 8.38. The van der Waals surface area contributed by atoms with Crippen LogP contribution in [-0.2, 0) is 4.79 Å². The van der Waals surface area contributed by atoms with Gasteiger partial charge in [-0.2, -0.15) is 13.2 Å². The van der Waals surface area contributed by atoms with Crippen molar-refractivity contribution in [3.63, 3.8) is 0 Å². The number of benzene rings is 1. The van der Waals surface area contributed by atoms with Crippen molar-refractivity contribution in [2.75, 3.05) is 0 Å². The maximum absolute atomic E-state index is 12.8. The van der Waals surface area contributed by atoms with Gasteiger partial charge < -0.3 is 15.4 Å². The standard InChI is InChI=1S/C24H23N5O.C2HF3O2/c1-15-16(2)28-23(27-15)22-12-19(9-10-26-22)20-11-21(14-25-13-20)24(30)29-17(3)18-7-5-4-6-8-18;3-2(4,5)1(6)7/h4-14,17H,1-3H3,(H,27,28)(H,29,30);(H,6,7). The van der Waals surface area contributed by atoms with E-state index in [-0.39, 0.29) is 11.9 Å². The van der Waals surface area contributed by atoms with Gasteiger partial charge in [-0.25, -0.2) is 9.78 Å². The highest BCUT2D eigenvalue weighted by Gasteiger charge is 2.38. The topological polar surface area (TPSA) is 121 Å². The second-order valence-corrected chi connectivity index (χ2v) is 8.10. The molecule has 1 aromatic carbocycles. The van der Waals surface area contributed by atoms with Crippen molar-refractivity contribution < 1.29 is 27.9 Å². The molecule has 0 aliphatic heterocycles. The molecule has 1 unspecified atom stereocenters. The molecule has 3 heterocycles. The number of hydrogen-bond donors (Lipinski definition) is 3. The molecule has 192 valence electrons. The zero-order valence-electron chi connectivity index (χ0n) is 20.2. The Morgan fingerprint density at radius 1 is 1.03 bits per heavy atom. The highest BCUT2D eigenvalue weighted by molar-refractivity contribution is 5.95. The summed E-state index contributed by atoms with van der Waals surface area (Å²) in [4.78, 5) is 38.1. The number of rotatable bonds is 5. The number of nitrogens with one attached hydrogen (secondary N) is 2. The zero-order valence-corrected chi connectivity index (χ0v) is 20.2. The van der Waals surface area contributed by atoms with Gasteiger partial charge in [0, 0.05) is 29.8 Å². The maximum atomic E-state index is 12.8. The third kappa shape index (κ3) is 7.23. The van der Waals surface area contributed by atoms with Crippen LogP contribution in [0.2, 0.25) is 0 Å². The van der Waals surface area contributed by atoms with Gasteiger partial charge >= 0.3 is 12.1 Å². The molecular weight excluding hydrogens is 487 g/mol. The Balaban J connectivity index is 0.000000479. The number of nitrogens with zero attached hydrogens (tertiary/aromatic N) is 3. The molecule has 4 rings (SSSR count). The van der Waals surface area contributed by atoms with Crippen molar-refractivity contribution >= 4 is 11.9 Å². The minimum Gasteiger partial charge on any atom is -0.475 e. The number of aliphatic carboxylic acids is 1. The van der Waals surface area contributed by atoms with E-state index in [4.69, 9.17) is 9.90 Å². The number of pyridine rings is 2. The summed E-state index contributed by atoms with van der Waals surface area (Å²) in [7, 11) is 0. The van der Waals surface area contributed by atoms with Gasteiger partial charge in [-0.1, -0.05) is 30.3 Å². The van der Waals surface area contributed by atoms with Crippen LogP contribution in [0.5, 0.6) is 0 Å². The monoisotopic (exact) mass is 511 g/mol. The summed E-state index contributed by atoms with van der Waals surface area (Å²) in [6, 6.07) is 15.5.